The minimum Gasteiger partial charge on any atom is -0.317 e. The molecule has 1 heteroatoms. The molecule has 1 nitrogen and oxygen atoms in total. The summed E-state index contributed by atoms with van der Waals surface area (Å²) in [7, 11) is 0. The minimum atomic E-state index is 0.759. The van der Waals surface area contributed by atoms with Crippen LogP contribution in [0.2, 0.25) is 0 Å². The van der Waals surface area contributed by atoms with E-state index >= 15 is 0 Å². The maximum atomic E-state index is 3.50. The van der Waals surface area contributed by atoms with Gasteiger partial charge < -0.3 is 5.32 Å². The lowest BCUT2D eigenvalue weighted by Gasteiger charge is -2.37. The van der Waals surface area contributed by atoms with Crippen LogP contribution in [-0.4, -0.2) is 13.1 Å². The van der Waals surface area contributed by atoms with Crippen LogP contribution in [0.3, 0.4) is 0 Å². The molecule has 0 bridgehead atoms. The lowest BCUT2D eigenvalue weighted by Crippen LogP contribution is -2.36. The maximum Gasteiger partial charge on any atom is -0.00436 e. The summed E-state index contributed by atoms with van der Waals surface area (Å²) in [6.07, 6.45) is 11.9. The van der Waals surface area contributed by atoms with E-state index in [9.17, 15) is 0 Å². The summed E-state index contributed by atoms with van der Waals surface area (Å²) in [4.78, 5) is 0. The van der Waals surface area contributed by atoms with Crippen molar-refractivity contribution in [3.8, 4) is 0 Å². The highest BCUT2D eigenvalue weighted by Crippen LogP contribution is 2.43. The van der Waals surface area contributed by atoms with E-state index < -0.39 is 0 Å². The molecule has 1 saturated carbocycles. The van der Waals surface area contributed by atoms with Gasteiger partial charge in [0, 0.05) is 0 Å². The molecule has 2 fully saturated rings. The van der Waals surface area contributed by atoms with Gasteiger partial charge in [-0.3, -0.25) is 0 Å². The first-order valence-electron chi connectivity index (χ1n) is 6.55. The number of rotatable bonds is 1. The summed E-state index contributed by atoms with van der Waals surface area (Å²) in [5.74, 6) is 1.05. The van der Waals surface area contributed by atoms with E-state index in [4.69, 9.17) is 0 Å². The highest BCUT2D eigenvalue weighted by atomic mass is 14.9. The van der Waals surface area contributed by atoms with Gasteiger partial charge in [0.25, 0.3) is 0 Å². The van der Waals surface area contributed by atoms with E-state index in [1.165, 1.54) is 64.5 Å². The van der Waals surface area contributed by atoms with E-state index in [1.807, 2.05) is 0 Å². The van der Waals surface area contributed by atoms with Crippen LogP contribution in [0.15, 0.2) is 0 Å². The Bertz CT molecular complexity index is 170. The second-order valence-electron chi connectivity index (χ2n) is 5.46. The highest BCUT2D eigenvalue weighted by molar-refractivity contribution is 4.87. The maximum absolute atomic E-state index is 3.50. The molecule has 1 spiro atoms. The van der Waals surface area contributed by atoms with Crippen molar-refractivity contribution in [1.29, 1.82) is 0 Å². The first-order chi connectivity index (χ1) is 6.85. The molecule has 1 saturated heterocycles. The summed E-state index contributed by atoms with van der Waals surface area (Å²) in [5.41, 5.74) is 0.759. The Labute approximate surface area is 88.7 Å². The molecule has 14 heavy (non-hydrogen) atoms. The highest BCUT2D eigenvalue weighted by Gasteiger charge is 2.33. The third-order valence-corrected chi connectivity index (χ3v) is 4.64. The smallest absolute Gasteiger partial charge is 0.00436 e. The predicted molar refractivity (Wildman–Crippen MR) is 61.4 cm³/mol. The summed E-state index contributed by atoms with van der Waals surface area (Å²) < 4.78 is 0. The molecule has 82 valence electrons. The van der Waals surface area contributed by atoms with E-state index in [0.29, 0.717) is 0 Å². The van der Waals surface area contributed by atoms with Crippen LogP contribution < -0.4 is 5.32 Å². The normalized spacial score (nSPS) is 32.8. The molecule has 0 aromatic carbocycles. The Balaban J connectivity index is 1.92. The Morgan fingerprint density at radius 1 is 1.07 bits per heavy atom. The van der Waals surface area contributed by atoms with Crippen molar-refractivity contribution in [1.82, 2.24) is 5.32 Å². The van der Waals surface area contributed by atoms with Gasteiger partial charge >= 0.3 is 0 Å². The van der Waals surface area contributed by atoms with Gasteiger partial charge in [0.15, 0.2) is 0 Å². The largest absolute Gasteiger partial charge is 0.317 e. The molecule has 1 aliphatic carbocycles. The van der Waals surface area contributed by atoms with Gasteiger partial charge in [-0.1, -0.05) is 26.2 Å². The van der Waals surface area contributed by atoms with Crippen molar-refractivity contribution in [3.63, 3.8) is 0 Å². The second kappa shape index (κ2) is 4.65. The average Bonchev–Trinajstić information content (AvgIpc) is 2.42. The Kier molecular flexibility index (Phi) is 3.48. The molecule has 1 N–H and O–H groups in total. The second-order valence-corrected chi connectivity index (χ2v) is 5.46. The van der Waals surface area contributed by atoms with Crippen molar-refractivity contribution in [2.75, 3.05) is 13.1 Å². The number of nitrogens with one attached hydrogen (secondary N) is 1. The van der Waals surface area contributed by atoms with Crippen LogP contribution in [0.5, 0.6) is 0 Å². The van der Waals surface area contributed by atoms with Gasteiger partial charge in [0.2, 0.25) is 0 Å². The van der Waals surface area contributed by atoms with Crippen molar-refractivity contribution in [2.24, 2.45) is 11.3 Å². The quantitative estimate of drug-likeness (QED) is 0.676. The SMILES string of the molecule is CCC1CCCC2(CCNCC2)CC1. The zero-order chi connectivity index (χ0) is 9.86. The lowest BCUT2D eigenvalue weighted by atomic mass is 9.73. The van der Waals surface area contributed by atoms with Crippen molar-refractivity contribution < 1.29 is 0 Å². The molecule has 1 unspecified atom stereocenters. The molecule has 0 aromatic rings. The lowest BCUT2D eigenvalue weighted by molar-refractivity contribution is 0.169. The van der Waals surface area contributed by atoms with Gasteiger partial charge in [0.05, 0.1) is 0 Å². The monoisotopic (exact) mass is 195 g/mol. The van der Waals surface area contributed by atoms with E-state index in [1.54, 1.807) is 0 Å². The molecule has 0 radical (unpaired) electrons. The van der Waals surface area contributed by atoms with E-state index in [-0.39, 0.29) is 0 Å². The zero-order valence-electron chi connectivity index (χ0n) is 9.65. The molecule has 1 aliphatic heterocycles. The van der Waals surface area contributed by atoms with Crippen molar-refractivity contribution >= 4 is 0 Å². The Morgan fingerprint density at radius 2 is 1.86 bits per heavy atom. The van der Waals surface area contributed by atoms with Crippen molar-refractivity contribution in [2.45, 2.75) is 58.3 Å². The molecule has 0 amide bonds. The third-order valence-electron chi connectivity index (χ3n) is 4.64. The van der Waals surface area contributed by atoms with Crippen LogP contribution in [0, 0.1) is 11.3 Å². The van der Waals surface area contributed by atoms with Gasteiger partial charge in [-0.25, -0.2) is 0 Å². The van der Waals surface area contributed by atoms with Crippen LogP contribution in [-0.2, 0) is 0 Å². The Morgan fingerprint density at radius 3 is 2.57 bits per heavy atom. The Hall–Kier alpha value is -0.0400. The molecular formula is C13H25N. The van der Waals surface area contributed by atoms with Gasteiger partial charge in [-0.15, -0.1) is 0 Å². The molecule has 2 aliphatic rings. The van der Waals surface area contributed by atoms with Crippen LogP contribution in [0.4, 0.5) is 0 Å². The fraction of sp³-hybridized carbons (Fsp3) is 1.00. The minimum absolute atomic E-state index is 0.759. The third kappa shape index (κ3) is 2.31. The summed E-state index contributed by atoms with van der Waals surface area (Å²) in [5, 5.41) is 3.50. The van der Waals surface area contributed by atoms with Crippen LogP contribution >= 0.6 is 0 Å². The van der Waals surface area contributed by atoms with Gasteiger partial charge in [0.1, 0.15) is 0 Å². The number of hydrogen-bond acceptors (Lipinski definition) is 1. The fourth-order valence-electron chi connectivity index (χ4n) is 3.41. The summed E-state index contributed by atoms with van der Waals surface area (Å²) in [6.45, 7) is 4.92. The number of piperidine rings is 1. The van der Waals surface area contributed by atoms with Crippen molar-refractivity contribution in [3.05, 3.63) is 0 Å². The molecule has 1 heterocycles. The summed E-state index contributed by atoms with van der Waals surface area (Å²) >= 11 is 0. The molecule has 2 rings (SSSR count). The fourth-order valence-corrected chi connectivity index (χ4v) is 3.41. The van der Waals surface area contributed by atoms with Gasteiger partial charge in [-0.05, 0) is 56.5 Å². The topological polar surface area (TPSA) is 12.0 Å². The summed E-state index contributed by atoms with van der Waals surface area (Å²) in [6, 6.07) is 0. The standard InChI is InChI=1S/C13H25N/c1-2-12-4-3-6-13(7-5-12)8-10-14-11-9-13/h12,14H,2-11H2,1H3. The molecular weight excluding hydrogens is 170 g/mol. The average molecular weight is 195 g/mol. The number of hydrogen-bond donors (Lipinski definition) is 1. The van der Waals surface area contributed by atoms with Crippen LogP contribution in [0.25, 0.3) is 0 Å². The predicted octanol–water partition coefficient (Wildman–Crippen LogP) is 3.35. The van der Waals surface area contributed by atoms with E-state index in [2.05, 4.69) is 12.2 Å². The molecule has 1 atom stereocenters. The van der Waals surface area contributed by atoms with E-state index in [0.717, 1.165) is 11.3 Å². The first kappa shape index (κ1) is 10.5. The zero-order valence-corrected chi connectivity index (χ0v) is 9.65. The molecule has 0 aromatic heterocycles. The van der Waals surface area contributed by atoms with Gasteiger partial charge in [-0.2, -0.15) is 0 Å². The first-order valence-corrected chi connectivity index (χ1v) is 6.55. The van der Waals surface area contributed by atoms with Crippen LogP contribution in [0.1, 0.15) is 58.3 Å².